The molecule has 0 bridgehead atoms. The molecule has 0 saturated heterocycles. The van der Waals surface area contributed by atoms with Crippen LogP contribution in [0.15, 0.2) is 77.7 Å². The summed E-state index contributed by atoms with van der Waals surface area (Å²) < 4.78 is 30.5. The average Bonchev–Trinajstić information content (AvgIpc) is 3.26. The summed E-state index contributed by atoms with van der Waals surface area (Å²) in [6.45, 7) is 4.32. The van der Waals surface area contributed by atoms with E-state index >= 15 is 0 Å². The van der Waals surface area contributed by atoms with Gasteiger partial charge in [0.25, 0.3) is 10.0 Å². The molecule has 0 amide bonds. The van der Waals surface area contributed by atoms with Gasteiger partial charge < -0.3 is 0 Å². The Hall–Kier alpha value is -3.12. The summed E-state index contributed by atoms with van der Waals surface area (Å²) in [6.07, 6.45) is 0. The largest absolute Gasteiger partial charge is 0.300 e. The zero-order valence-electron chi connectivity index (χ0n) is 16.3. The molecule has 0 radical (unpaired) electrons. The number of imidazole rings is 1. The number of sulfonamides is 1. The van der Waals surface area contributed by atoms with Gasteiger partial charge in [-0.15, -0.1) is 0 Å². The molecule has 5 rings (SSSR count). The van der Waals surface area contributed by atoms with Crippen molar-refractivity contribution in [2.75, 3.05) is 10.8 Å². The lowest BCUT2D eigenvalue weighted by Gasteiger charge is -2.18. The van der Waals surface area contributed by atoms with Crippen LogP contribution in [0.25, 0.3) is 11.0 Å². The summed E-state index contributed by atoms with van der Waals surface area (Å²) in [5.41, 5.74) is 4.99. The summed E-state index contributed by atoms with van der Waals surface area (Å²) in [4.78, 5) is 4.98. The maximum absolute atomic E-state index is 13.5. The lowest BCUT2D eigenvalue weighted by Crippen LogP contribution is -2.30. The Morgan fingerprint density at radius 3 is 2.41 bits per heavy atom. The van der Waals surface area contributed by atoms with Crippen LogP contribution in [0, 0.1) is 13.8 Å². The number of para-hydroxylation sites is 2. The second-order valence-corrected chi connectivity index (χ2v) is 9.41. The quantitative estimate of drug-likeness (QED) is 0.508. The normalized spacial score (nSPS) is 16.3. The average molecular weight is 404 g/mol. The van der Waals surface area contributed by atoms with Crippen LogP contribution < -0.4 is 4.31 Å². The van der Waals surface area contributed by atoms with Crippen LogP contribution in [0.3, 0.4) is 0 Å². The van der Waals surface area contributed by atoms with Crippen LogP contribution in [-0.2, 0) is 10.0 Å². The zero-order valence-corrected chi connectivity index (χ0v) is 17.1. The Morgan fingerprint density at radius 2 is 1.66 bits per heavy atom. The minimum atomic E-state index is -3.72. The summed E-state index contributed by atoms with van der Waals surface area (Å²) >= 11 is 0. The minimum Gasteiger partial charge on any atom is -0.300 e. The van der Waals surface area contributed by atoms with E-state index < -0.39 is 10.0 Å². The van der Waals surface area contributed by atoms with Gasteiger partial charge in [-0.05, 0) is 43.7 Å². The minimum absolute atomic E-state index is 0.127. The number of nitrogens with zero attached hydrogens (tertiary/aromatic N) is 3. The molecule has 4 aromatic rings. The fourth-order valence-corrected chi connectivity index (χ4v) is 5.43. The summed E-state index contributed by atoms with van der Waals surface area (Å²) in [5, 5.41) is 0. The third-order valence-electron chi connectivity index (χ3n) is 5.49. The van der Waals surface area contributed by atoms with Crippen molar-refractivity contribution >= 4 is 27.0 Å². The molecule has 0 saturated carbocycles. The van der Waals surface area contributed by atoms with Gasteiger partial charge in [0.15, 0.2) is 0 Å². The van der Waals surface area contributed by atoms with Crippen molar-refractivity contribution in [1.29, 1.82) is 0 Å². The van der Waals surface area contributed by atoms with Gasteiger partial charge in [-0.25, -0.2) is 17.7 Å². The molecule has 0 N–H and O–H groups in total. The Morgan fingerprint density at radius 1 is 0.897 bits per heavy atom. The van der Waals surface area contributed by atoms with E-state index in [9.17, 15) is 8.42 Å². The second-order valence-electron chi connectivity index (χ2n) is 7.55. The second kappa shape index (κ2) is 6.46. The number of rotatable bonds is 3. The maximum Gasteiger partial charge on any atom is 0.266 e. The molecule has 2 heterocycles. The van der Waals surface area contributed by atoms with E-state index in [4.69, 9.17) is 4.98 Å². The van der Waals surface area contributed by atoms with E-state index in [1.165, 1.54) is 4.31 Å². The van der Waals surface area contributed by atoms with Crippen molar-refractivity contribution in [3.05, 3.63) is 89.5 Å². The summed E-state index contributed by atoms with van der Waals surface area (Å²) in [5.74, 6) is 0.471. The monoisotopic (exact) mass is 403 g/mol. The lowest BCUT2D eigenvalue weighted by molar-refractivity contribution is 0.589. The Balaban J connectivity index is 1.71. The molecule has 1 aliphatic rings. The van der Waals surface area contributed by atoms with E-state index in [2.05, 4.69) is 16.7 Å². The summed E-state index contributed by atoms with van der Waals surface area (Å²) in [6, 6.07) is 22.9. The highest BCUT2D eigenvalue weighted by Gasteiger charge is 2.39. The first-order chi connectivity index (χ1) is 13.9. The fraction of sp³-hybridized carbons (Fsp3) is 0.174. The third kappa shape index (κ3) is 2.83. The molecular weight excluding hydrogens is 382 g/mol. The van der Waals surface area contributed by atoms with Gasteiger partial charge in [0.1, 0.15) is 0 Å². The number of fused-ring (bicyclic) bond motifs is 3. The SMILES string of the molecule is Cc1ccc(S(=O)(=O)N2CC(c3cccc(C)c3)n3c2nc2ccccc23)cc1. The van der Waals surface area contributed by atoms with Crippen molar-refractivity contribution in [3.8, 4) is 0 Å². The molecular formula is C23H21N3O2S. The van der Waals surface area contributed by atoms with Gasteiger partial charge in [0, 0.05) is 0 Å². The number of aromatic nitrogens is 2. The van der Waals surface area contributed by atoms with Gasteiger partial charge in [-0.1, -0.05) is 59.7 Å². The maximum atomic E-state index is 13.5. The van der Waals surface area contributed by atoms with E-state index in [-0.39, 0.29) is 10.9 Å². The molecule has 0 spiro atoms. The lowest BCUT2D eigenvalue weighted by atomic mass is 10.0. The molecule has 1 unspecified atom stereocenters. The van der Waals surface area contributed by atoms with Gasteiger partial charge in [0.2, 0.25) is 5.95 Å². The number of hydrogen-bond acceptors (Lipinski definition) is 3. The van der Waals surface area contributed by atoms with Crippen LogP contribution in [-0.4, -0.2) is 24.5 Å². The van der Waals surface area contributed by atoms with Crippen molar-refractivity contribution < 1.29 is 8.42 Å². The topological polar surface area (TPSA) is 55.2 Å². The number of hydrogen-bond donors (Lipinski definition) is 0. The highest BCUT2D eigenvalue weighted by Crippen LogP contribution is 2.40. The van der Waals surface area contributed by atoms with Crippen molar-refractivity contribution in [1.82, 2.24) is 9.55 Å². The van der Waals surface area contributed by atoms with E-state index in [1.54, 1.807) is 12.1 Å². The zero-order chi connectivity index (χ0) is 20.2. The number of anilines is 1. The molecule has 0 fully saturated rings. The van der Waals surface area contributed by atoms with Crippen molar-refractivity contribution in [2.24, 2.45) is 0 Å². The molecule has 1 aromatic heterocycles. The van der Waals surface area contributed by atoms with E-state index in [0.29, 0.717) is 12.5 Å². The third-order valence-corrected chi connectivity index (χ3v) is 7.25. The van der Waals surface area contributed by atoms with Crippen LogP contribution in [0.5, 0.6) is 0 Å². The van der Waals surface area contributed by atoms with Crippen LogP contribution >= 0.6 is 0 Å². The van der Waals surface area contributed by atoms with Crippen molar-refractivity contribution in [2.45, 2.75) is 24.8 Å². The fourth-order valence-electron chi connectivity index (χ4n) is 4.01. The number of benzene rings is 3. The molecule has 0 aliphatic carbocycles. The Bertz CT molecular complexity index is 1320. The van der Waals surface area contributed by atoms with Gasteiger partial charge in [0.05, 0.1) is 28.5 Å². The van der Waals surface area contributed by atoms with Gasteiger partial charge in [-0.3, -0.25) is 4.57 Å². The summed E-state index contributed by atoms with van der Waals surface area (Å²) in [7, 11) is -3.72. The van der Waals surface area contributed by atoms with Crippen LogP contribution in [0.2, 0.25) is 0 Å². The Kier molecular flexibility index (Phi) is 3.99. The standard InChI is InChI=1S/C23H21N3O2S/c1-16-10-12-19(13-11-16)29(27,28)25-15-22(18-7-5-6-17(2)14-18)26-21-9-4-3-8-20(21)24-23(25)26/h3-14,22H,15H2,1-2H3. The predicted molar refractivity (Wildman–Crippen MR) is 115 cm³/mol. The smallest absolute Gasteiger partial charge is 0.266 e. The van der Waals surface area contributed by atoms with Crippen LogP contribution in [0.4, 0.5) is 5.95 Å². The van der Waals surface area contributed by atoms with E-state index in [1.807, 2.05) is 62.4 Å². The Labute approximate surface area is 170 Å². The molecule has 3 aromatic carbocycles. The highest BCUT2D eigenvalue weighted by atomic mass is 32.2. The van der Waals surface area contributed by atoms with E-state index in [0.717, 1.165) is 27.7 Å². The highest BCUT2D eigenvalue weighted by molar-refractivity contribution is 7.92. The van der Waals surface area contributed by atoms with Gasteiger partial charge >= 0.3 is 0 Å². The molecule has 1 atom stereocenters. The first kappa shape index (κ1) is 17.9. The van der Waals surface area contributed by atoms with Crippen LogP contribution in [0.1, 0.15) is 22.7 Å². The molecule has 146 valence electrons. The number of aryl methyl sites for hydroxylation is 2. The molecule has 29 heavy (non-hydrogen) atoms. The first-order valence-corrected chi connectivity index (χ1v) is 11.0. The molecule has 1 aliphatic heterocycles. The molecule has 6 heteroatoms. The predicted octanol–water partition coefficient (Wildman–Crippen LogP) is 4.45. The first-order valence-electron chi connectivity index (χ1n) is 9.58. The van der Waals surface area contributed by atoms with Gasteiger partial charge in [-0.2, -0.15) is 0 Å². The molecule has 5 nitrogen and oxygen atoms in total. The van der Waals surface area contributed by atoms with Crippen molar-refractivity contribution in [3.63, 3.8) is 0 Å².